The molecule has 15 heavy (non-hydrogen) atoms. The fourth-order valence-corrected chi connectivity index (χ4v) is 1.64. The van der Waals surface area contributed by atoms with Crippen LogP contribution in [0.3, 0.4) is 0 Å². The normalized spacial score (nSPS) is 30.0. The lowest BCUT2D eigenvalue weighted by molar-refractivity contribution is 0.133. The zero-order valence-corrected chi connectivity index (χ0v) is 8.06. The Hall–Kier alpha value is -1.71. The van der Waals surface area contributed by atoms with Gasteiger partial charge in [0.05, 0.1) is 9.26 Å². The minimum absolute atomic E-state index is 0.306. The van der Waals surface area contributed by atoms with Crippen molar-refractivity contribution in [1.29, 1.82) is 0 Å². The molecule has 0 spiro atoms. The Balaban J connectivity index is 1.82. The quantitative estimate of drug-likeness (QED) is 0.740. The Bertz CT molecular complexity index is 479. The fraction of sp³-hybridized carbons (Fsp3) is 0.364. The minimum Gasteiger partial charge on any atom is -0.485 e. The van der Waals surface area contributed by atoms with Crippen LogP contribution in [0, 0.1) is 0 Å². The van der Waals surface area contributed by atoms with Crippen LogP contribution in [-0.4, -0.2) is 31.6 Å². The number of hydrogen-bond acceptors (Lipinski definition) is 4. The highest BCUT2D eigenvalue weighted by Crippen LogP contribution is 2.31. The highest BCUT2D eigenvalue weighted by molar-refractivity contribution is 5.88. The summed E-state index contributed by atoms with van der Waals surface area (Å²) in [5.41, 5.74) is 0. The largest absolute Gasteiger partial charge is 0.485 e. The Kier molecular flexibility index (Phi) is 1.55. The molecule has 3 rings (SSSR count). The van der Waals surface area contributed by atoms with Crippen molar-refractivity contribution in [2.75, 3.05) is 19.7 Å². The van der Waals surface area contributed by atoms with Crippen LogP contribution < -0.4 is 14.8 Å². The Labute approximate surface area is 90.7 Å². The third-order valence-electron chi connectivity index (χ3n) is 2.36. The third-order valence-corrected chi connectivity index (χ3v) is 2.36. The molecule has 1 aromatic carbocycles. The van der Waals surface area contributed by atoms with Crippen molar-refractivity contribution >= 4 is 5.84 Å². The number of ether oxygens (including phenoxy) is 2. The average Bonchev–Trinajstić information content (AvgIpc) is 2.75. The molecule has 2 heterocycles. The van der Waals surface area contributed by atoms with Crippen LogP contribution in [0.2, 0.25) is 0 Å². The summed E-state index contributed by atoms with van der Waals surface area (Å²) in [4.78, 5) is 4.13. The highest BCUT2D eigenvalue weighted by atomic mass is 16.6. The zero-order chi connectivity index (χ0) is 11.8. The number of fused-ring (bicyclic) bond motifs is 1. The maximum absolute atomic E-state index is 7.53. The molecule has 0 aliphatic carbocycles. The molecule has 0 bridgehead atoms. The monoisotopic (exact) mass is 206 g/mol. The molecule has 1 aromatic rings. The van der Waals surface area contributed by atoms with E-state index in [2.05, 4.69) is 10.3 Å². The molecular formula is C11H12N2O2. The molecule has 0 aromatic heterocycles. The first-order chi connectivity index (χ1) is 8.22. The standard InChI is InChI=1S/C11H12N2O2/c1-2-4-9-8(3-1)14-7-10(15-9)11-12-5-6-13-11/h1-4,10H,5-7H2,(H,12,13)/i2D,5D/t5-,10?/m0/s1. The van der Waals surface area contributed by atoms with Gasteiger partial charge in [-0.1, -0.05) is 12.1 Å². The number of rotatable bonds is 1. The van der Waals surface area contributed by atoms with Gasteiger partial charge in [0, 0.05) is 6.54 Å². The van der Waals surface area contributed by atoms with E-state index in [4.69, 9.17) is 12.2 Å². The van der Waals surface area contributed by atoms with Gasteiger partial charge in [-0.05, 0) is 12.1 Å². The first-order valence-corrected chi connectivity index (χ1v) is 4.86. The van der Waals surface area contributed by atoms with Crippen molar-refractivity contribution < 1.29 is 12.2 Å². The molecule has 2 aliphatic rings. The van der Waals surface area contributed by atoms with Crippen LogP contribution in [-0.2, 0) is 0 Å². The van der Waals surface area contributed by atoms with Crippen molar-refractivity contribution in [3.63, 3.8) is 0 Å². The van der Waals surface area contributed by atoms with Crippen LogP contribution in [0.4, 0.5) is 0 Å². The number of benzene rings is 1. The summed E-state index contributed by atoms with van der Waals surface area (Å²) in [5.74, 6) is 1.87. The predicted octanol–water partition coefficient (Wildman–Crippen LogP) is 0.828. The summed E-state index contributed by atoms with van der Waals surface area (Å²) >= 11 is 0. The molecule has 0 saturated carbocycles. The summed E-state index contributed by atoms with van der Waals surface area (Å²) in [6, 6.07) is 5.39. The molecule has 1 unspecified atom stereocenters. The summed E-state index contributed by atoms with van der Waals surface area (Å²) in [5, 5.41) is 3.03. The number of nitrogens with one attached hydrogen (secondary N) is 1. The molecule has 4 nitrogen and oxygen atoms in total. The SMILES string of the molecule is [2H]c1ccc2c(c1)OC(C1=N[C@@H]([2H])CN1)CO2. The second kappa shape index (κ2) is 3.46. The van der Waals surface area contributed by atoms with Gasteiger partial charge in [0.2, 0.25) is 0 Å². The molecule has 4 heteroatoms. The maximum Gasteiger partial charge on any atom is 0.189 e. The summed E-state index contributed by atoms with van der Waals surface area (Å²) in [6.45, 7) is 0.432. The van der Waals surface area contributed by atoms with E-state index in [0.29, 0.717) is 36.5 Å². The van der Waals surface area contributed by atoms with Crippen LogP contribution in [0.5, 0.6) is 11.5 Å². The lowest BCUT2D eigenvalue weighted by Crippen LogP contribution is -2.42. The van der Waals surface area contributed by atoms with E-state index in [1.54, 1.807) is 18.2 Å². The predicted molar refractivity (Wildman–Crippen MR) is 56.7 cm³/mol. The lowest BCUT2D eigenvalue weighted by atomic mass is 10.2. The Morgan fingerprint density at radius 2 is 2.53 bits per heavy atom. The number of nitrogens with zero attached hydrogens (tertiary/aromatic N) is 1. The highest BCUT2D eigenvalue weighted by Gasteiger charge is 2.26. The fourth-order valence-electron chi connectivity index (χ4n) is 1.64. The van der Waals surface area contributed by atoms with Gasteiger partial charge < -0.3 is 14.8 Å². The third kappa shape index (κ3) is 1.52. The zero-order valence-electron chi connectivity index (χ0n) is 10.1. The van der Waals surface area contributed by atoms with Crippen molar-refractivity contribution in [2.24, 2.45) is 4.99 Å². The Morgan fingerprint density at radius 1 is 1.53 bits per heavy atom. The smallest absolute Gasteiger partial charge is 0.189 e. The average molecular weight is 206 g/mol. The second-order valence-corrected chi connectivity index (χ2v) is 3.37. The van der Waals surface area contributed by atoms with E-state index in [0.717, 1.165) is 0 Å². The number of amidine groups is 1. The van der Waals surface area contributed by atoms with Crippen LogP contribution >= 0.6 is 0 Å². The molecule has 0 saturated heterocycles. The molecule has 1 N–H and O–H groups in total. The molecule has 2 aliphatic heterocycles. The summed E-state index contributed by atoms with van der Waals surface area (Å²) in [7, 11) is 0. The number of hydrogen-bond donors (Lipinski definition) is 1. The van der Waals surface area contributed by atoms with E-state index in [9.17, 15) is 0 Å². The van der Waals surface area contributed by atoms with E-state index in [1.807, 2.05) is 0 Å². The van der Waals surface area contributed by atoms with Gasteiger partial charge in [-0.25, -0.2) is 0 Å². The topological polar surface area (TPSA) is 42.8 Å². The van der Waals surface area contributed by atoms with Crippen molar-refractivity contribution in [1.82, 2.24) is 5.32 Å². The Morgan fingerprint density at radius 3 is 3.40 bits per heavy atom. The van der Waals surface area contributed by atoms with E-state index >= 15 is 0 Å². The van der Waals surface area contributed by atoms with Gasteiger partial charge in [0.25, 0.3) is 0 Å². The van der Waals surface area contributed by atoms with Gasteiger partial charge in [0.15, 0.2) is 17.6 Å². The second-order valence-electron chi connectivity index (χ2n) is 3.37. The number of aliphatic imine (C=N–C) groups is 1. The van der Waals surface area contributed by atoms with Crippen molar-refractivity contribution in [3.8, 4) is 11.5 Å². The van der Waals surface area contributed by atoms with Crippen LogP contribution in [0.1, 0.15) is 2.74 Å². The molecular weight excluding hydrogens is 192 g/mol. The van der Waals surface area contributed by atoms with Crippen LogP contribution in [0.25, 0.3) is 0 Å². The first-order valence-electron chi connectivity index (χ1n) is 5.94. The van der Waals surface area contributed by atoms with E-state index in [-0.39, 0.29) is 6.10 Å². The summed E-state index contributed by atoms with van der Waals surface area (Å²) < 4.78 is 26.3. The van der Waals surface area contributed by atoms with Gasteiger partial charge >= 0.3 is 0 Å². The molecule has 0 fully saturated rings. The maximum atomic E-state index is 7.53. The molecule has 78 valence electrons. The van der Waals surface area contributed by atoms with Crippen molar-refractivity contribution in [2.45, 2.75) is 6.10 Å². The molecule has 2 atom stereocenters. The number of para-hydroxylation sites is 2. The van der Waals surface area contributed by atoms with Crippen molar-refractivity contribution in [3.05, 3.63) is 24.2 Å². The first kappa shape index (κ1) is 6.71. The van der Waals surface area contributed by atoms with E-state index in [1.165, 1.54) is 0 Å². The van der Waals surface area contributed by atoms with E-state index < -0.39 is 6.52 Å². The van der Waals surface area contributed by atoms with Crippen LogP contribution in [0.15, 0.2) is 29.2 Å². The summed E-state index contributed by atoms with van der Waals surface area (Å²) in [6.07, 6.45) is -0.306. The molecule has 0 radical (unpaired) electrons. The minimum atomic E-state index is -0.461. The lowest BCUT2D eigenvalue weighted by Gasteiger charge is -2.26. The van der Waals surface area contributed by atoms with Gasteiger partial charge in [-0.2, -0.15) is 0 Å². The van der Waals surface area contributed by atoms with Gasteiger partial charge in [-0.15, -0.1) is 0 Å². The molecule has 0 amide bonds. The van der Waals surface area contributed by atoms with Gasteiger partial charge in [-0.3, -0.25) is 4.99 Å². The van der Waals surface area contributed by atoms with Gasteiger partial charge in [0.1, 0.15) is 12.4 Å².